The van der Waals surface area contributed by atoms with Gasteiger partial charge in [-0.1, -0.05) is 22.9 Å². The molecule has 0 bridgehead atoms. The van der Waals surface area contributed by atoms with Gasteiger partial charge in [0.15, 0.2) is 11.5 Å². The Morgan fingerprint density at radius 3 is 2.53 bits per heavy atom. The zero-order valence-corrected chi connectivity index (χ0v) is 12.2. The van der Waals surface area contributed by atoms with E-state index in [0.29, 0.717) is 10.2 Å². The zero-order chi connectivity index (χ0) is 11.6. The standard InChI is InChI=1S/C10H11Br2ClO2/c1-5(11)9(13)6-3-7(12)10(14)8(4-6)15-2/h3-5,9,14H,1-2H3. The van der Waals surface area contributed by atoms with Crippen molar-refractivity contribution in [2.45, 2.75) is 17.1 Å². The summed E-state index contributed by atoms with van der Waals surface area (Å²) < 4.78 is 5.62. The van der Waals surface area contributed by atoms with E-state index in [0.717, 1.165) is 5.56 Å². The highest BCUT2D eigenvalue weighted by Gasteiger charge is 2.17. The van der Waals surface area contributed by atoms with Crippen LogP contribution in [0.15, 0.2) is 16.6 Å². The van der Waals surface area contributed by atoms with Gasteiger partial charge in [-0.25, -0.2) is 0 Å². The predicted molar refractivity (Wildman–Crippen MR) is 69.3 cm³/mol. The Balaban J connectivity index is 3.16. The van der Waals surface area contributed by atoms with Crippen LogP contribution in [0.5, 0.6) is 11.5 Å². The van der Waals surface area contributed by atoms with E-state index in [-0.39, 0.29) is 16.0 Å². The molecule has 0 radical (unpaired) electrons. The third-order valence-electron chi connectivity index (χ3n) is 1.99. The Bertz CT molecular complexity index is 356. The van der Waals surface area contributed by atoms with E-state index >= 15 is 0 Å². The van der Waals surface area contributed by atoms with E-state index in [9.17, 15) is 5.11 Å². The number of methoxy groups -OCH3 is 1. The summed E-state index contributed by atoms with van der Waals surface area (Å²) in [7, 11) is 1.51. The summed E-state index contributed by atoms with van der Waals surface area (Å²) in [5, 5.41) is 9.45. The van der Waals surface area contributed by atoms with Gasteiger partial charge in [-0.15, -0.1) is 11.6 Å². The minimum absolute atomic E-state index is 0.0901. The molecule has 15 heavy (non-hydrogen) atoms. The Kier molecular flexibility index (Phi) is 4.74. The van der Waals surface area contributed by atoms with E-state index in [2.05, 4.69) is 31.9 Å². The molecular formula is C10H11Br2ClO2. The number of alkyl halides is 2. The average molecular weight is 358 g/mol. The molecule has 0 saturated heterocycles. The van der Waals surface area contributed by atoms with Crippen LogP contribution in [0.3, 0.4) is 0 Å². The highest BCUT2D eigenvalue weighted by Crippen LogP contribution is 2.39. The molecule has 0 amide bonds. The van der Waals surface area contributed by atoms with Crippen molar-refractivity contribution in [2.24, 2.45) is 0 Å². The SMILES string of the molecule is COc1cc(C(Cl)C(C)Br)cc(Br)c1O. The summed E-state index contributed by atoms with van der Waals surface area (Å²) in [6.45, 7) is 1.96. The van der Waals surface area contributed by atoms with Gasteiger partial charge in [-0.3, -0.25) is 0 Å². The Morgan fingerprint density at radius 2 is 2.07 bits per heavy atom. The number of phenols is 1. The predicted octanol–water partition coefficient (Wildman–Crippen LogP) is 4.23. The lowest BCUT2D eigenvalue weighted by Crippen LogP contribution is -2.02. The molecule has 2 unspecified atom stereocenters. The number of benzene rings is 1. The molecule has 1 aromatic carbocycles. The van der Waals surface area contributed by atoms with Crippen LogP contribution in [0.25, 0.3) is 0 Å². The highest BCUT2D eigenvalue weighted by molar-refractivity contribution is 9.10. The summed E-state index contributed by atoms with van der Waals surface area (Å²) in [4.78, 5) is 0.139. The van der Waals surface area contributed by atoms with E-state index in [1.807, 2.05) is 6.92 Å². The van der Waals surface area contributed by atoms with Gasteiger partial charge in [-0.05, 0) is 33.6 Å². The monoisotopic (exact) mass is 356 g/mol. The van der Waals surface area contributed by atoms with Crippen molar-refractivity contribution < 1.29 is 9.84 Å². The van der Waals surface area contributed by atoms with Crippen molar-refractivity contribution >= 4 is 43.5 Å². The lowest BCUT2D eigenvalue weighted by atomic mass is 10.1. The normalized spacial score (nSPS) is 14.7. The lowest BCUT2D eigenvalue weighted by Gasteiger charge is -2.15. The molecule has 0 aliphatic carbocycles. The fraction of sp³-hybridized carbons (Fsp3) is 0.400. The van der Waals surface area contributed by atoms with Gasteiger partial charge in [0.1, 0.15) is 0 Å². The number of hydrogen-bond donors (Lipinski definition) is 1. The molecule has 0 fully saturated rings. The molecule has 0 aliphatic rings. The number of hydrogen-bond acceptors (Lipinski definition) is 2. The second-order valence-corrected chi connectivity index (χ2v) is 5.90. The fourth-order valence-corrected chi connectivity index (χ4v) is 2.06. The van der Waals surface area contributed by atoms with Gasteiger partial charge in [0.25, 0.3) is 0 Å². The molecule has 2 atom stereocenters. The summed E-state index contributed by atoms with van der Waals surface area (Å²) >= 11 is 12.9. The maximum absolute atomic E-state index is 9.62. The molecule has 2 nitrogen and oxygen atoms in total. The molecule has 0 saturated carbocycles. The molecule has 5 heteroatoms. The molecule has 1 N–H and O–H groups in total. The largest absolute Gasteiger partial charge is 0.503 e. The van der Waals surface area contributed by atoms with Crippen molar-refractivity contribution in [1.29, 1.82) is 0 Å². The highest BCUT2D eigenvalue weighted by atomic mass is 79.9. The summed E-state index contributed by atoms with van der Waals surface area (Å²) in [6, 6.07) is 3.52. The molecule has 1 aromatic rings. The second kappa shape index (κ2) is 5.41. The van der Waals surface area contributed by atoms with Gasteiger partial charge in [0.2, 0.25) is 0 Å². The van der Waals surface area contributed by atoms with E-state index in [1.165, 1.54) is 7.11 Å². The first-order chi connectivity index (χ1) is 6.97. The molecule has 84 valence electrons. The summed E-state index contributed by atoms with van der Waals surface area (Å²) in [6.07, 6.45) is 0. The van der Waals surface area contributed by atoms with Crippen LogP contribution in [0.2, 0.25) is 0 Å². The van der Waals surface area contributed by atoms with Gasteiger partial charge in [-0.2, -0.15) is 0 Å². The van der Waals surface area contributed by atoms with Crippen molar-refractivity contribution in [2.75, 3.05) is 7.11 Å². The van der Waals surface area contributed by atoms with Crippen LogP contribution in [-0.2, 0) is 0 Å². The number of phenolic OH excluding ortho intramolecular Hbond substituents is 1. The van der Waals surface area contributed by atoms with Crippen molar-refractivity contribution in [3.05, 3.63) is 22.2 Å². The lowest BCUT2D eigenvalue weighted by molar-refractivity contribution is 0.371. The van der Waals surface area contributed by atoms with Crippen LogP contribution in [-0.4, -0.2) is 17.0 Å². The number of aromatic hydroxyl groups is 1. The van der Waals surface area contributed by atoms with Gasteiger partial charge >= 0.3 is 0 Å². The first kappa shape index (κ1) is 13.1. The minimum atomic E-state index is -0.171. The quantitative estimate of drug-likeness (QED) is 0.820. The van der Waals surface area contributed by atoms with E-state index < -0.39 is 0 Å². The van der Waals surface area contributed by atoms with Crippen LogP contribution in [0.4, 0.5) is 0 Å². The summed E-state index contributed by atoms with van der Waals surface area (Å²) in [5.74, 6) is 0.505. The smallest absolute Gasteiger partial charge is 0.172 e. The fourth-order valence-electron chi connectivity index (χ4n) is 1.17. The number of ether oxygens (including phenoxy) is 1. The second-order valence-electron chi connectivity index (χ2n) is 3.13. The van der Waals surface area contributed by atoms with Crippen LogP contribution < -0.4 is 4.74 Å². The third-order valence-corrected chi connectivity index (χ3v) is 4.06. The Hall–Kier alpha value is 0.0700. The van der Waals surface area contributed by atoms with Crippen LogP contribution in [0, 0.1) is 0 Å². The number of rotatable bonds is 3. The molecule has 0 spiro atoms. The molecule has 1 rings (SSSR count). The summed E-state index contributed by atoms with van der Waals surface area (Å²) in [5.41, 5.74) is 0.891. The maximum atomic E-state index is 9.62. The average Bonchev–Trinajstić information content (AvgIpc) is 2.20. The zero-order valence-electron chi connectivity index (χ0n) is 8.30. The molecule has 0 aromatic heterocycles. The maximum Gasteiger partial charge on any atom is 0.172 e. The number of halogens is 3. The van der Waals surface area contributed by atoms with Crippen molar-refractivity contribution in [3.8, 4) is 11.5 Å². The van der Waals surface area contributed by atoms with Gasteiger partial charge in [0, 0.05) is 4.83 Å². The molecule has 0 heterocycles. The minimum Gasteiger partial charge on any atom is -0.503 e. The van der Waals surface area contributed by atoms with Crippen molar-refractivity contribution in [1.82, 2.24) is 0 Å². The van der Waals surface area contributed by atoms with E-state index in [4.69, 9.17) is 16.3 Å². The Labute approximate surface area is 111 Å². The van der Waals surface area contributed by atoms with Gasteiger partial charge < -0.3 is 9.84 Å². The van der Waals surface area contributed by atoms with E-state index in [1.54, 1.807) is 12.1 Å². The third kappa shape index (κ3) is 3.02. The van der Waals surface area contributed by atoms with Crippen LogP contribution in [0.1, 0.15) is 17.9 Å². The van der Waals surface area contributed by atoms with Crippen molar-refractivity contribution in [3.63, 3.8) is 0 Å². The Morgan fingerprint density at radius 1 is 1.47 bits per heavy atom. The molecule has 0 aliphatic heterocycles. The molecular weight excluding hydrogens is 347 g/mol. The van der Waals surface area contributed by atoms with Crippen LogP contribution >= 0.6 is 43.5 Å². The topological polar surface area (TPSA) is 29.5 Å². The first-order valence-corrected chi connectivity index (χ1v) is 6.46. The van der Waals surface area contributed by atoms with Gasteiger partial charge in [0.05, 0.1) is 17.0 Å². The first-order valence-electron chi connectivity index (χ1n) is 4.32.